The Hall–Kier alpha value is -3.71. The first-order valence-electron chi connectivity index (χ1n) is 8.99. The highest BCUT2D eigenvalue weighted by Gasteiger charge is 2.09. The first kappa shape index (κ1) is 19.6. The van der Waals surface area contributed by atoms with Crippen molar-refractivity contribution in [2.45, 2.75) is 0 Å². The lowest BCUT2D eigenvalue weighted by Crippen LogP contribution is -2.19. The van der Waals surface area contributed by atoms with Crippen molar-refractivity contribution in [2.24, 2.45) is 0 Å². The second-order valence-electron chi connectivity index (χ2n) is 6.35. The molecular weight excluding hydrogens is 405 g/mol. The van der Waals surface area contributed by atoms with E-state index in [1.54, 1.807) is 67.8 Å². The number of ketones is 1. The number of halogens is 1. The molecule has 2 aromatic carbocycles. The van der Waals surface area contributed by atoms with Crippen LogP contribution in [0.25, 0.3) is 23.5 Å². The molecule has 0 unspecified atom stereocenters. The average Bonchev–Trinajstić information content (AvgIpc) is 3.35. The van der Waals surface area contributed by atoms with Crippen LogP contribution in [0.15, 0.2) is 69.9 Å². The van der Waals surface area contributed by atoms with Gasteiger partial charge in [0.05, 0.1) is 21.9 Å². The molecule has 0 aliphatic rings. The van der Waals surface area contributed by atoms with Gasteiger partial charge in [0, 0.05) is 17.7 Å². The van der Waals surface area contributed by atoms with Gasteiger partial charge >= 0.3 is 0 Å². The highest BCUT2D eigenvalue weighted by molar-refractivity contribution is 7.07. The molecule has 2 heterocycles. The van der Waals surface area contributed by atoms with Gasteiger partial charge in [-0.15, -0.1) is 11.3 Å². The molecule has 0 atom stereocenters. The largest absolute Gasteiger partial charge is 0.497 e. The molecule has 5 nitrogen and oxygen atoms in total. The van der Waals surface area contributed by atoms with E-state index in [-0.39, 0.29) is 17.2 Å². The monoisotopic (exact) mass is 421 g/mol. The third-order valence-electron chi connectivity index (χ3n) is 4.36. The lowest BCUT2D eigenvalue weighted by atomic mass is 10.1. The molecule has 150 valence electrons. The Morgan fingerprint density at radius 1 is 1.10 bits per heavy atom. The highest BCUT2D eigenvalue weighted by atomic mass is 32.1. The zero-order valence-electron chi connectivity index (χ0n) is 15.8. The molecule has 30 heavy (non-hydrogen) atoms. The molecule has 7 heteroatoms. The van der Waals surface area contributed by atoms with Crippen molar-refractivity contribution in [3.8, 4) is 17.1 Å². The van der Waals surface area contributed by atoms with Crippen molar-refractivity contribution in [3.05, 3.63) is 97.4 Å². The van der Waals surface area contributed by atoms with E-state index in [0.29, 0.717) is 37.6 Å². The summed E-state index contributed by atoms with van der Waals surface area (Å²) in [5.41, 5.74) is 0.491. The van der Waals surface area contributed by atoms with Crippen LogP contribution in [0.4, 0.5) is 4.39 Å². The number of thiazole rings is 1. The van der Waals surface area contributed by atoms with E-state index in [4.69, 9.17) is 9.15 Å². The van der Waals surface area contributed by atoms with Crippen molar-refractivity contribution < 1.29 is 18.3 Å². The summed E-state index contributed by atoms with van der Waals surface area (Å²) in [5, 5.41) is 0. The van der Waals surface area contributed by atoms with Gasteiger partial charge in [0.25, 0.3) is 5.56 Å². The van der Waals surface area contributed by atoms with Crippen molar-refractivity contribution in [2.75, 3.05) is 7.11 Å². The number of aromatic nitrogens is 1. The number of furan rings is 1. The number of hydrogen-bond donors (Lipinski definition) is 1. The van der Waals surface area contributed by atoms with E-state index in [1.165, 1.54) is 12.1 Å². The lowest BCUT2D eigenvalue weighted by Gasteiger charge is -1.99. The van der Waals surface area contributed by atoms with E-state index >= 15 is 0 Å². The van der Waals surface area contributed by atoms with E-state index < -0.39 is 0 Å². The molecule has 0 radical (unpaired) electrons. The Bertz CT molecular complexity index is 1380. The van der Waals surface area contributed by atoms with Crippen LogP contribution in [0.3, 0.4) is 0 Å². The normalized spacial score (nSPS) is 12.3. The topological polar surface area (TPSA) is 72.3 Å². The number of benzene rings is 2. The summed E-state index contributed by atoms with van der Waals surface area (Å²) in [7, 11) is 1.55. The molecule has 0 fully saturated rings. The number of carbonyl (C=O) groups is 1. The second kappa shape index (κ2) is 8.34. The number of ether oxygens (including phenoxy) is 1. The SMILES string of the molecule is COc1ccc(C(=O)/C=c2\[nH]c(=O)/c(=C\c3ccc(-c4ccccc4F)o3)s2)cc1. The number of carbonyl (C=O) groups excluding carboxylic acids is 1. The maximum Gasteiger partial charge on any atom is 0.266 e. The fourth-order valence-electron chi connectivity index (χ4n) is 2.85. The molecule has 0 aliphatic carbocycles. The van der Waals surface area contributed by atoms with Crippen molar-refractivity contribution in [3.63, 3.8) is 0 Å². The molecule has 4 rings (SSSR count). The van der Waals surface area contributed by atoms with Gasteiger partial charge in [0.15, 0.2) is 5.78 Å². The third-order valence-corrected chi connectivity index (χ3v) is 5.32. The molecule has 2 aromatic heterocycles. The minimum Gasteiger partial charge on any atom is -0.497 e. The number of aromatic amines is 1. The smallest absolute Gasteiger partial charge is 0.266 e. The van der Waals surface area contributed by atoms with Crippen molar-refractivity contribution in [1.82, 2.24) is 4.98 Å². The standard InChI is InChI=1S/C23H16FNO4S/c1-28-15-8-6-14(7-9-15)19(26)13-22-25-23(27)21(30-22)12-16-10-11-20(29-16)17-4-2-3-5-18(17)24/h2-13H,1H3,(H,25,27)/b21-12+,22-13+. The molecule has 0 aliphatic heterocycles. The molecule has 0 spiro atoms. The molecule has 4 aromatic rings. The van der Waals surface area contributed by atoms with Crippen LogP contribution in [0.1, 0.15) is 16.1 Å². The maximum atomic E-state index is 13.9. The van der Waals surface area contributed by atoms with Crippen LogP contribution in [-0.2, 0) is 0 Å². The minimum atomic E-state index is -0.388. The van der Waals surface area contributed by atoms with Crippen LogP contribution in [0.2, 0.25) is 0 Å². The number of hydrogen-bond acceptors (Lipinski definition) is 5. The second-order valence-corrected chi connectivity index (χ2v) is 7.43. The predicted molar refractivity (Wildman–Crippen MR) is 114 cm³/mol. The Morgan fingerprint density at radius 2 is 1.87 bits per heavy atom. The zero-order valence-corrected chi connectivity index (χ0v) is 16.7. The summed E-state index contributed by atoms with van der Waals surface area (Å²) in [6.07, 6.45) is 2.93. The van der Waals surface area contributed by atoms with Crippen LogP contribution >= 0.6 is 11.3 Å². The number of nitrogens with one attached hydrogen (secondary N) is 1. The number of Topliss-reactive ketones (excluding diaryl/α,β-unsaturated/α-hetero) is 1. The number of rotatable bonds is 5. The van der Waals surface area contributed by atoms with E-state index in [1.807, 2.05) is 0 Å². The molecule has 0 bridgehead atoms. The Labute approximate surface area is 174 Å². The van der Waals surface area contributed by atoms with Gasteiger partial charge in [-0.25, -0.2) is 4.39 Å². The fraction of sp³-hybridized carbons (Fsp3) is 0.0435. The van der Waals surface area contributed by atoms with Gasteiger partial charge in [-0.2, -0.15) is 0 Å². The first-order valence-corrected chi connectivity index (χ1v) is 9.81. The van der Waals surface area contributed by atoms with Gasteiger partial charge < -0.3 is 14.1 Å². The summed E-state index contributed by atoms with van der Waals surface area (Å²) in [6.45, 7) is 0. The Balaban J connectivity index is 1.63. The molecule has 0 saturated carbocycles. The summed E-state index contributed by atoms with van der Waals surface area (Å²) in [5.74, 6) is 0.812. The zero-order chi connectivity index (χ0) is 21.1. The average molecular weight is 421 g/mol. The quantitative estimate of drug-likeness (QED) is 0.502. The van der Waals surface area contributed by atoms with Crippen LogP contribution < -0.4 is 19.5 Å². The van der Waals surface area contributed by atoms with Crippen LogP contribution in [0.5, 0.6) is 5.75 Å². The van der Waals surface area contributed by atoms with Gasteiger partial charge in [0.2, 0.25) is 0 Å². The van der Waals surface area contributed by atoms with Gasteiger partial charge in [-0.05, 0) is 48.5 Å². The summed E-state index contributed by atoms with van der Waals surface area (Å²) >= 11 is 1.13. The van der Waals surface area contributed by atoms with Crippen molar-refractivity contribution in [1.29, 1.82) is 0 Å². The molecule has 0 amide bonds. The lowest BCUT2D eigenvalue weighted by molar-refractivity contribution is 0.106. The summed E-state index contributed by atoms with van der Waals surface area (Å²) in [4.78, 5) is 27.3. The Kier molecular flexibility index (Phi) is 5.45. The summed E-state index contributed by atoms with van der Waals surface area (Å²) < 4.78 is 25.5. The van der Waals surface area contributed by atoms with Crippen molar-refractivity contribution >= 4 is 29.3 Å². The number of methoxy groups -OCH3 is 1. The van der Waals surface area contributed by atoms with Crippen LogP contribution in [0, 0.1) is 5.82 Å². The van der Waals surface area contributed by atoms with E-state index in [9.17, 15) is 14.0 Å². The first-order chi connectivity index (χ1) is 14.5. The minimum absolute atomic E-state index is 0.235. The third kappa shape index (κ3) is 4.16. The Morgan fingerprint density at radius 3 is 2.60 bits per heavy atom. The highest BCUT2D eigenvalue weighted by Crippen LogP contribution is 2.24. The van der Waals surface area contributed by atoms with Gasteiger partial charge in [-0.1, -0.05) is 12.1 Å². The van der Waals surface area contributed by atoms with Gasteiger partial charge in [0.1, 0.15) is 23.1 Å². The van der Waals surface area contributed by atoms with Crippen LogP contribution in [-0.4, -0.2) is 17.9 Å². The number of H-pyrrole nitrogens is 1. The molecule has 1 N–H and O–H groups in total. The predicted octanol–water partition coefficient (Wildman–Crippen LogP) is 3.34. The fourth-order valence-corrected chi connectivity index (χ4v) is 3.71. The van der Waals surface area contributed by atoms with E-state index in [0.717, 1.165) is 11.3 Å². The molecule has 0 saturated heterocycles. The van der Waals surface area contributed by atoms with Gasteiger partial charge in [-0.3, -0.25) is 9.59 Å². The maximum absolute atomic E-state index is 13.9. The summed E-state index contributed by atoms with van der Waals surface area (Å²) in [6, 6.07) is 16.3. The molecular formula is C23H16FNO4S. The van der Waals surface area contributed by atoms with E-state index in [2.05, 4.69) is 4.98 Å².